The van der Waals surface area contributed by atoms with Crippen molar-refractivity contribution < 1.29 is 33.6 Å². The minimum atomic E-state index is -1.17. The Kier molecular flexibility index (Phi) is 6.85. The summed E-state index contributed by atoms with van der Waals surface area (Å²) in [7, 11) is 1.51. The number of esters is 1. The van der Waals surface area contributed by atoms with E-state index in [9.17, 15) is 24.5 Å². The standard InChI is InChI=1S/C31H23N3O8/c1-40-24-16-12-21(13-17-24)32-29(35)26-27(19-10-14-25(15-11-19)41-31(37)20-6-3-2-4-7-20)33(42-28(26)30(32)36)22-8-5-9-23(18-22)34(38)39/h2-18,26-28H,1H3/t26-,27+,28-/m0/s1. The summed E-state index contributed by atoms with van der Waals surface area (Å²) in [5.74, 6) is -1.68. The zero-order valence-corrected chi connectivity index (χ0v) is 22.2. The van der Waals surface area contributed by atoms with Gasteiger partial charge in [-0.05, 0) is 60.2 Å². The Hall–Kier alpha value is -5.55. The Morgan fingerprint density at radius 3 is 2.19 bits per heavy atom. The van der Waals surface area contributed by atoms with Gasteiger partial charge in [-0.1, -0.05) is 36.4 Å². The predicted octanol–water partition coefficient (Wildman–Crippen LogP) is 4.87. The number of methoxy groups -OCH3 is 1. The van der Waals surface area contributed by atoms with Crippen LogP contribution >= 0.6 is 0 Å². The van der Waals surface area contributed by atoms with Gasteiger partial charge in [0.15, 0.2) is 6.10 Å². The smallest absolute Gasteiger partial charge is 0.343 e. The molecule has 0 spiro atoms. The van der Waals surface area contributed by atoms with Crippen molar-refractivity contribution in [3.05, 3.63) is 124 Å². The number of anilines is 2. The number of hydrogen-bond acceptors (Lipinski definition) is 9. The molecule has 6 rings (SSSR count). The maximum atomic E-state index is 13.8. The lowest BCUT2D eigenvalue weighted by Crippen LogP contribution is -2.37. The van der Waals surface area contributed by atoms with Gasteiger partial charge >= 0.3 is 5.97 Å². The Balaban J connectivity index is 1.35. The van der Waals surface area contributed by atoms with Crippen LogP contribution in [0.4, 0.5) is 17.1 Å². The van der Waals surface area contributed by atoms with Crippen molar-refractivity contribution in [1.82, 2.24) is 0 Å². The molecule has 2 saturated heterocycles. The number of imide groups is 1. The van der Waals surface area contributed by atoms with E-state index in [1.165, 1.54) is 30.4 Å². The summed E-state index contributed by atoms with van der Waals surface area (Å²) in [6, 6.07) is 26.5. The molecule has 2 heterocycles. The highest BCUT2D eigenvalue weighted by Gasteiger charge is 2.60. The summed E-state index contributed by atoms with van der Waals surface area (Å²) in [4.78, 5) is 58.0. The first-order chi connectivity index (χ1) is 20.4. The second-order valence-electron chi connectivity index (χ2n) is 9.63. The van der Waals surface area contributed by atoms with E-state index >= 15 is 0 Å². The number of carbonyl (C=O) groups excluding carboxylic acids is 3. The van der Waals surface area contributed by atoms with Crippen molar-refractivity contribution >= 4 is 34.8 Å². The first-order valence-corrected chi connectivity index (χ1v) is 13.0. The summed E-state index contributed by atoms with van der Waals surface area (Å²) < 4.78 is 10.7. The SMILES string of the molecule is COc1ccc(N2C(=O)[C@@H]3[C@H](ON(c4cccc([N+](=O)[O-])c4)[C@@H]3c3ccc(OC(=O)c4ccccc4)cc3)C2=O)cc1. The van der Waals surface area contributed by atoms with Crippen molar-refractivity contribution in [3.8, 4) is 11.5 Å². The Bertz CT molecular complexity index is 1670. The molecule has 0 aliphatic carbocycles. The van der Waals surface area contributed by atoms with E-state index in [-0.39, 0.29) is 11.4 Å². The number of nitrogens with zero attached hydrogens (tertiary/aromatic N) is 3. The van der Waals surface area contributed by atoms with Crippen LogP contribution < -0.4 is 19.4 Å². The van der Waals surface area contributed by atoms with Crippen LogP contribution in [-0.2, 0) is 14.4 Å². The van der Waals surface area contributed by atoms with Crippen LogP contribution in [0.2, 0.25) is 0 Å². The fourth-order valence-corrected chi connectivity index (χ4v) is 5.18. The molecule has 0 saturated carbocycles. The largest absolute Gasteiger partial charge is 0.497 e. The number of hydroxylamine groups is 1. The first kappa shape index (κ1) is 26.7. The number of carbonyl (C=O) groups is 3. The molecular formula is C31H23N3O8. The lowest BCUT2D eigenvalue weighted by Gasteiger charge is -2.28. The van der Waals surface area contributed by atoms with E-state index in [0.29, 0.717) is 28.3 Å². The van der Waals surface area contributed by atoms with E-state index in [2.05, 4.69) is 0 Å². The number of hydrogen-bond donors (Lipinski definition) is 0. The molecule has 4 aromatic rings. The van der Waals surface area contributed by atoms with Gasteiger partial charge in [0.25, 0.3) is 11.6 Å². The monoisotopic (exact) mass is 565 g/mol. The van der Waals surface area contributed by atoms with E-state index in [4.69, 9.17) is 14.3 Å². The fraction of sp³-hybridized carbons (Fsp3) is 0.129. The maximum Gasteiger partial charge on any atom is 0.343 e. The summed E-state index contributed by atoms with van der Waals surface area (Å²) in [5.41, 5.74) is 1.46. The molecule has 4 aromatic carbocycles. The molecule has 0 aromatic heterocycles. The number of amides is 2. The van der Waals surface area contributed by atoms with Gasteiger partial charge in [0, 0.05) is 12.1 Å². The zero-order chi connectivity index (χ0) is 29.4. The third-order valence-electron chi connectivity index (χ3n) is 7.18. The number of fused-ring (bicyclic) bond motifs is 1. The van der Waals surface area contributed by atoms with Crippen molar-refractivity contribution in [2.45, 2.75) is 12.1 Å². The number of benzene rings is 4. The molecule has 0 bridgehead atoms. The summed E-state index contributed by atoms with van der Waals surface area (Å²) in [5, 5.41) is 12.8. The number of non-ortho nitro benzene ring substituents is 1. The Morgan fingerprint density at radius 1 is 0.833 bits per heavy atom. The van der Waals surface area contributed by atoms with Crippen LogP contribution in [0.5, 0.6) is 11.5 Å². The summed E-state index contributed by atoms with van der Waals surface area (Å²) in [6.45, 7) is 0. The van der Waals surface area contributed by atoms with E-state index < -0.39 is 40.8 Å². The molecule has 3 atom stereocenters. The lowest BCUT2D eigenvalue weighted by molar-refractivity contribution is -0.384. The molecule has 2 fully saturated rings. The average molecular weight is 566 g/mol. The molecule has 2 aliphatic heterocycles. The normalized spacial score (nSPS) is 19.5. The van der Waals surface area contributed by atoms with Gasteiger partial charge in [-0.15, -0.1) is 0 Å². The molecule has 2 aliphatic rings. The molecule has 2 amide bonds. The van der Waals surface area contributed by atoms with Gasteiger partial charge in [-0.2, -0.15) is 0 Å². The second-order valence-corrected chi connectivity index (χ2v) is 9.63. The van der Waals surface area contributed by atoms with E-state index in [0.717, 1.165) is 4.90 Å². The third kappa shape index (κ3) is 4.71. The van der Waals surface area contributed by atoms with Gasteiger partial charge in [0.1, 0.15) is 17.4 Å². The van der Waals surface area contributed by atoms with Crippen molar-refractivity contribution in [3.63, 3.8) is 0 Å². The predicted molar refractivity (Wildman–Crippen MR) is 150 cm³/mol. The lowest BCUT2D eigenvalue weighted by atomic mass is 9.90. The fourth-order valence-electron chi connectivity index (χ4n) is 5.18. The first-order valence-electron chi connectivity index (χ1n) is 13.0. The van der Waals surface area contributed by atoms with Gasteiger partial charge in [-0.25, -0.2) is 14.8 Å². The van der Waals surface area contributed by atoms with Crippen molar-refractivity contribution in [1.29, 1.82) is 0 Å². The molecule has 42 heavy (non-hydrogen) atoms. The highest BCUT2D eigenvalue weighted by molar-refractivity contribution is 6.24. The van der Waals surface area contributed by atoms with Crippen molar-refractivity contribution in [2.24, 2.45) is 5.92 Å². The zero-order valence-electron chi connectivity index (χ0n) is 22.2. The van der Waals surface area contributed by atoms with Crippen LogP contribution in [0, 0.1) is 16.0 Å². The average Bonchev–Trinajstić information content (AvgIpc) is 3.53. The molecule has 0 N–H and O–H groups in total. The Morgan fingerprint density at radius 2 is 1.52 bits per heavy atom. The topological polar surface area (TPSA) is 129 Å². The highest BCUT2D eigenvalue weighted by Crippen LogP contribution is 2.48. The number of nitro groups is 1. The Labute approximate surface area is 239 Å². The third-order valence-corrected chi connectivity index (χ3v) is 7.18. The number of rotatable bonds is 7. The minimum Gasteiger partial charge on any atom is -0.497 e. The van der Waals surface area contributed by atoms with E-state index in [1.807, 2.05) is 0 Å². The summed E-state index contributed by atoms with van der Waals surface area (Å²) >= 11 is 0. The van der Waals surface area contributed by atoms with Gasteiger partial charge in [0.05, 0.1) is 35.0 Å². The summed E-state index contributed by atoms with van der Waals surface area (Å²) in [6.07, 6.45) is -1.17. The van der Waals surface area contributed by atoms with Crippen LogP contribution in [-0.4, -0.2) is 35.9 Å². The van der Waals surface area contributed by atoms with Crippen LogP contribution in [0.3, 0.4) is 0 Å². The molecule has 11 nitrogen and oxygen atoms in total. The highest BCUT2D eigenvalue weighted by atomic mass is 16.7. The molecule has 0 unspecified atom stereocenters. The minimum absolute atomic E-state index is 0.174. The van der Waals surface area contributed by atoms with Crippen molar-refractivity contribution in [2.75, 3.05) is 17.1 Å². The molecule has 210 valence electrons. The van der Waals surface area contributed by atoms with E-state index in [1.54, 1.807) is 84.9 Å². The van der Waals surface area contributed by atoms with Gasteiger partial charge in [0.2, 0.25) is 5.91 Å². The maximum absolute atomic E-state index is 13.8. The number of nitro benzene ring substituents is 1. The second kappa shape index (κ2) is 10.8. The van der Waals surface area contributed by atoms with Gasteiger partial charge in [-0.3, -0.25) is 24.5 Å². The molecular weight excluding hydrogens is 542 g/mol. The van der Waals surface area contributed by atoms with Crippen LogP contribution in [0.15, 0.2) is 103 Å². The molecule has 0 radical (unpaired) electrons. The van der Waals surface area contributed by atoms with Crippen LogP contribution in [0.25, 0.3) is 0 Å². The van der Waals surface area contributed by atoms with Crippen LogP contribution in [0.1, 0.15) is 22.0 Å². The number of ether oxygens (including phenoxy) is 2. The quantitative estimate of drug-likeness (QED) is 0.101. The molecule has 11 heteroatoms. The van der Waals surface area contributed by atoms with Gasteiger partial charge < -0.3 is 9.47 Å².